The van der Waals surface area contributed by atoms with Gasteiger partial charge in [-0.3, -0.25) is 19.8 Å². The highest BCUT2D eigenvalue weighted by Gasteiger charge is 2.42. The van der Waals surface area contributed by atoms with E-state index in [4.69, 9.17) is 12.2 Å². The van der Waals surface area contributed by atoms with Crippen LogP contribution in [0.3, 0.4) is 0 Å². The maximum atomic E-state index is 12.7. The summed E-state index contributed by atoms with van der Waals surface area (Å²) >= 11 is 5.16. The molecule has 4 rings (SSSR count). The largest absolute Gasteiger partial charge is 0.347 e. The molecule has 1 aromatic carbocycles. The lowest BCUT2D eigenvalue weighted by Gasteiger charge is -2.28. The predicted molar refractivity (Wildman–Crippen MR) is 96.2 cm³/mol. The first-order chi connectivity index (χ1) is 11.6. The van der Waals surface area contributed by atoms with Crippen molar-refractivity contribution in [1.82, 2.24) is 14.8 Å². The van der Waals surface area contributed by atoms with Crippen molar-refractivity contribution in [1.29, 1.82) is 0 Å². The van der Waals surface area contributed by atoms with Crippen LogP contribution in [-0.2, 0) is 16.1 Å². The smallest absolute Gasteiger partial charge is 0.265 e. The maximum Gasteiger partial charge on any atom is 0.265 e. The fourth-order valence-corrected chi connectivity index (χ4v) is 3.47. The van der Waals surface area contributed by atoms with E-state index in [0.29, 0.717) is 0 Å². The number of carbonyl (C=O) groups is 2. The van der Waals surface area contributed by atoms with Crippen LogP contribution in [0.5, 0.6) is 0 Å². The number of carbonyl (C=O) groups excluding carboxylic acids is 2. The van der Waals surface area contributed by atoms with Crippen molar-refractivity contribution in [2.75, 3.05) is 0 Å². The van der Waals surface area contributed by atoms with E-state index in [-0.39, 0.29) is 22.6 Å². The predicted octanol–water partition coefficient (Wildman–Crippen LogP) is 2.45. The van der Waals surface area contributed by atoms with E-state index in [0.717, 1.165) is 35.9 Å². The van der Waals surface area contributed by atoms with Crippen LogP contribution >= 0.6 is 12.2 Å². The summed E-state index contributed by atoms with van der Waals surface area (Å²) in [4.78, 5) is 26.6. The fraction of sp³-hybridized carbons (Fsp3) is 0.278. The zero-order valence-corrected chi connectivity index (χ0v) is 14.1. The molecule has 0 atom stereocenters. The zero-order chi connectivity index (χ0) is 16.8. The molecule has 1 aliphatic carbocycles. The third-order valence-corrected chi connectivity index (χ3v) is 4.80. The molecule has 122 valence electrons. The summed E-state index contributed by atoms with van der Waals surface area (Å²) in [5.74, 6) is -0.713. The molecule has 2 fully saturated rings. The first kappa shape index (κ1) is 15.1. The highest BCUT2D eigenvalue weighted by atomic mass is 32.1. The Morgan fingerprint density at radius 1 is 1.29 bits per heavy atom. The molecule has 24 heavy (non-hydrogen) atoms. The lowest BCUT2D eigenvalue weighted by Crippen LogP contribution is -2.54. The summed E-state index contributed by atoms with van der Waals surface area (Å²) < 4.78 is 2.11. The van der Waals surface area contributed by atoms with Crippen LogP contribution in [0.4, 0.5) is 0 Å². The van der Waals surface area contributed by atoms with Gasteiger partial charge in [-0.25, -0.2) is 0 Å². The van der Waals surface area contributed by atoms with Crippen LogP contribution in [0.1, 0.15) is 25.3 Å². The second kappa shape index (κ2) is 5.56. The minimum absolute atomic E-state index is 0.131. The van der Waals surface area contributed by atoms with Gasteiger partial charge in [0.25, 0.3) is 11.8 Å². The van der Waals surface area contributed by atoms with Gasteiger partial charge in [0.1, 0.15) is 5.57 Å². The minimum Gasteiger partial charge on any atom is -0.347 e. The summed E-state index contributed by atoms with van der Waals surface area (Å²) in [6.07, 6.45) is 5.53. The number of nitrogens with one attached hydrogen (secondary N) is 1. The van der Waals surface area contributed by atoms with Gasteiger partial charge in [-0.15, -0.1) is 0 Å². The summed E-state index contributed by atoms with van der Waals surface area (Å²) in [6.45, 7) is 2.89. The molecule has 1 saturated carbocycles. The molecule has 0 unspecified atom stereocenters. The third-order valence-electron chi connectivity index (χ3n) is 4.51. The van der Waals surface area contributed by atoms with Gasteiger partial charge >= 0.3 is 0 Å². The number of thiocarbonyl (C=S) groups is 1. The van der Waals surface area contributed by atoms with E-state index in [9.17, 15) is 9.59 Å². The van der Waals surface area contributed by atoms with Crippen LogP contribution in [0, 0.1) is 0 Å². The molecule has 0 spiro atoms. The topological polar surface area (TPSA) is 54.3 Å². The van der Waals surface area contributed by atoms with E-state index in [1.165, 1.54) is 0 Å². The quantitative estimate of drug-likeness (QED) is 0.531. The first-order valence-corrected chi connectivity index (χ1v) is 8.49. The van der Waals surface area contributed by atoms with Crippen molar-refractivity contribution in [3.05, 3.63) is 41.6 Å². The number of hydrogen-bond acceptors (Lipinski definition) is 3. The van der Waals surface area contributed by atoms with Crippen molar-refractivity contribution in [3.8, 4) is 0 Å². The van der Waals surface area contributed by atoms with Crippen LogP contribution in [0.15, 0.2) is 36.0 Å². The van der Waals surface area contributed by atoms with Crippen molar-refractivity contribution in [2.24, 2.45) is 0 Å². The number of nitrogens with zero attached hydrogens (tertiary/aromatic N) is 2. The van der Waals surface area contributed by atoms with Gasteiger partial charge in [-0.2, -0.15) is 0 Å². The van der Waals surface area contributed by atoms with Gasteiger partial charge in [0.15, 0.2) is 5.11 Å². The second-order valence-corrected chi connectivity index (χ2v) is 6.50. The Kier molecular flexibility index (Phi) is 3.49. The third kappa shape index (κ3) is 2.34. The Labute approximate surface area is 144 Å². The first-order valence-electron chi connectivity index (χ1n) is 8.08. The number of aromatic nitrogens is 1. The molecule has 1 N–H and O–H groups in total. The molecule has 2 aromatic rings. The second-order valence-electron chi connectivity index (χ2n) is 6.11. The summed E-state index contributed by atoms with van der Waals surface area (Å²) in [6, 6.07) is 8.11. The van der Waals surface area contributed by atoms with Crippen LogP contribution in [0.25, 0.3) is 17.0 Å². The highest BCUT2D eigenvalue weighted by molar-refractivity contribution is 7.80. The summed E-state index contributed by atoms with van der Waals surface area (Å²) in [7, 11) is 0. The molecule has 2 heterocycles. The van der Waals surface area contributed by atoms with Crippen molar-refractivity contribution < 1.29 is 9.59 Å². The molecule has 0 bridgehead atoms. The molecule has 0 radical (unpaired) electrons. The van der Waals surface area contributed by atoms with Gasteiger partial charge in [0.2, 0.25) is 0 Å². The Bertz CT molecular complexity index is 908. The van der Waals surface area contributed by atoms with E-state index < -0.39 is 5.91 Å². The maximum absolute atomic E-state index is 12.7. The standard InChI is InChI=1S/C18H17N3O2S/c1-2-20-10-11(13-5-3-4-6-15(13)20)9-14-16(22)19-18(24)21(17(14)23)12-7-8-12/h3-6,9-10,12H,2,7-8H2,1H3,(H,19,22,24)/b14-9+. The number of hydrogen-bond donors (Lipinski definition) is 1. The number of para-hydroxylation sites is 1. The van der Waals surface area contributed by atoms with Crippen molar-refractivity contribution >= 4 is 46.1 Å². The Morgan fingerprint density at radius 3 is 2.75 bits per heavy atom. The number of aryl methyl sites for hydroxylation is 1. The molecule has 2 aliphatic rings. The van der Waals surface area contributed by atoms with Crippen molar-refractivity contribution in [3.63, 3.8) is 0 Å². The molecule has 6 heteroatoms. The Hall–Kier alpha value is -2.47. The van der Waals surface area contributed by atoms with Crippen molar-refractivity contribution in [2.45, 2.75) is 32.4 Å². The molecule has 1 aromatic heterocycles. The van der Waals surface area contributed by atoms with E-state index in [2.05, 4.69) is 16.8 Å². The van der Waals surface area contributed by atoms with Gasteiger partial charge in [-0.05, 0) is 44.1 Å². The van der Waals surface area contributed by atoms with E-state index in [1.807, 2.05) is 30.5 Å². The Morgan fingerprint density at radius 2 is 2.04 bits per heavy atom. The average Bonchev–Trinajstić information content (AvgIpc) is 3.33. The summed E-state index contributed by atoms with van der Waals surface area (Å²) in [5.41, 5.74) is 2.11. The number of benzene rings is 1. The normalized spacial score (nSPS) is 20.1. The summed E-state index contributed by atoms with van der Waals surface area (Å²) in [5, 5.41) is 3.89. The Balaban J connectivity index is 1.81. The average molecular weight is 339 g/mol. The monoisotopic (exact) mass is 339 g/mol. The molecule has 1 aliphatic heterocycles. The fourth-order valence-electron chi connectivity index (χ4n) is 3.14. The molecular formula is C18H17N3O2S. The van der Waals surface area contributed by atoms with Gasteiger partial charge in [-0.1, -0.05) is 18.2 Å². The highest BCUT2D eigenvalue weighted by Crippen LogP contribution is 2.31. The number of fused-ring (bicyclic) bond motifs is 1. The van der Waals surface area contributed by atoms with E-state index in [1.54, 1.807) is 11.0 Å². The van der Waals surface area contributed by atoms with Gasteiger partial charge < -0.3 is 4.57 Å². The SMILES string of the molecule is CCn1cc(/C=C2\C(=O)NC(=S)N(C3CC3)C2=O)c2ccccc21. The van der Waals surface area contributed by atoms with Crippen LogP contribution in [0.2, 0.25) is 0 Å². The van der Waals surface area contributed by atoms with E-state index >= 15 is 0 Å². The van der Waals surface area contributed by atoms with Gasteiger partial charge in [0.05, 0.1) is 0 Å². The lowest BCUT2D eigenvalue weighted by molar-refractivity contribution is -0.129. The lowest BCUT2D eigenvalue weighted by atomic mass is 10.1. The minimum atomic E-state index is -0.421. The molecule has 2 amide bonds. The number of rotatable bonds is 3. The van der Waals surface area contributed by atoms with Crippen LogP contribution < -0.4 is 5.32 Å². The zero-order valence-electron chi connectivity index (χ0n) is 13.3. The number of amides is 2. The van der Waals surface area contributed by atoms with Gasteiger partial charge in [0, 0.05) is 35.2 Å². The molecular weight excluding hydrogens is 322 g/mol. The molecule has 1 saturated heterocycles. The molecule has 5 nitrogen and oxygen atoms in total. The van der Waals surface area contributed by atoms with Crippen LogP contribution in [-0.4, -0.2) is 32.4 Å².